The van der Waals surface area contributed by atoms with E-state index in [9.17, 15) is 9.59 Å². The van der Waals surface area contributed by atoms with Crippen LogP contribution in [0.1, 0.15) is 6.42 Å². The van der Waals surface area contributed by atoms with Crippen molar-refractivity contribution in [2.24, 2.45) is 5.92 Å². The standard InChI is InChI=1S/C18H25N3O4/c1-19-6-8-20(9-7-19)18(23)13-10-17(22)21(12-13)15-11-14(24-2)4-5-16(15)25-3/h4-5,11,13H,6-10,12H2,1-3H3/t13-/m1/s1. The molecular formula is C18H25N3O4. The van der Waals surface area contributed by atoms with Crippen molar-refractivity contribution in [2.75, 3.05) is 58.9 Å². The Bertz CT molecular complexity index is 656. The van der Waals surface area contributed by atoms with Gasteiger partial charge in [-0.3, -0.25) is 9.59 Å². The van der Waals surface area contributed by atoms with Gasteiger partial charge in [0.25, 0.3) is 0 Å². The van der Waals surface area contributed by atoms with E-state index < -0.39 is 0 Å². The molecule has 7 nitrogen and oxygen atoms in total. The van der Waals surface area contributed by atoms with E-state index in [1.165, 1.54) is 0 Å². The molecular weight excluding hydrogens is 322 g/mol. The molecule has 0 unspecified atom stereocenters. The van der Waals surface area contributed by atoms with Crippen molar-refractivity contribution >= 4 is 17.5 Å². The van der Waals surface area contributed by atoms with Gasteiger partial charge < -0.3 is 24.2 Å². The molecule has 2 heterocycles. The number of ether oxygens (including phenoxy) is 2. The minimum absolute atomic E-state index is 0.0565. The number of hydrogen-bond acceptors (Lipinski definition) is 5. The van der Waals surface area contributed by atoms with Crippen LogP contribution in [-0.4, -0.2) is 75.6 Å². The third-order valence-corrected chi connectivity index (χ3v) is 4.97. The van der Waals surface area contributed by atoms with Gasteiger partial charge in [-0.1, -0.05) is 0 Å². The summed E-state index contributed by atoms with van der Waals surface area (Å²) in [6, 6.07) is 5.34. The van der Waals surface area contributed by atoms with Gasteiger partial charge in [0.05, 0.1) is 25.8 Å². The van der Waals surface area contributed by atoms with Crippen molar-refractivity contribution in [3.05, 3.63) is 18.2 Å². The maximum Gasteiger partial charge on any atom is 0.228 e. The van der Waals surface area contributed by atoms with Crippen molar-refractivity contribution in [2.45, 2.75) is 6.42 Å². The largest absolute Gasteiger partial charge is 0.497 e. The number of likely N-dealkylation sites (N-methyl/N-ethyl adjacent to an activating group) is 1. The van der Waals surface area contributed by atoms with Crippen molar-refractivity contribution < 1.29 is 19.1 Å². The Kier molecular flexibility index (Phi) is 5.13. The molecule has 0 aromatic heterocycles. The van der Waals surface area contributed by atoms with E-state index in [-0.39, 0.29) is 24.2 Å². The maximum atomic E-state index is 12.8. The lowest BCUT2D eigenvalue weighted by molar-refractivity contribution is -0.137. The molecule has 1 aromatic carbocycles. The molecule has 0 saturated carbocycles. The molecule has 7 heteroatoms. The highest BCUT2D eigenvalue weighted by molar-refractivity contribution is 6.01. The third kappa shape index (κ3) is 3.56. The van der Waals surface area contributed by atoms with Crippen LogP contribution in [-0.2, 0) is 9.59 Å². The van der Waals surface area contributed by atoms with Gasteiger partial charge in [-0.25, -0.2) is 0 Å². The van der Waals surface area contributed by atoms with E-state index in [1.807, 2.05) is 4.90 Å². The van der Waals surface area contributed by atoms with E-state index in [0.29, 0.717) is 23.7 Å². The smallest absolute Gasteiger partial charge is 0.228 e. The van der Waals surface area contributed by atoms with E-state index >= 15 is 0 Å². The summed E-state index contributed by atoms with van der Waals surface area (Å²) in [5.74, 6) is 0.968. The number of nitrogens with zero attached hydrogens (tertiary/aromatic N) is 3. The molecule has 3 rings (SSSR count). The van der Waals surface area contributed by atoms with Gasteiger partial charge in [-0.15, -0.1) is 0 Å². The zero-order chi connectivity index (χ0) is 18.0. The number of anilines is 1. The predicted octanol–water partition coefficient (Wildman–Crippen LogP) is 0.831. The number of rotatable bonds is 4. The van der Waals surface area contributed by atoms with Crippen LogP contribution in [0.15, 0.2) is 18.2 Å². The first-order valence-electron chi connectivity index (χ1n) is 8.53. The van der Waals surface area contributed by atoms with Crippen LogP contribution in [0.3, 0.4) is 0 Å². The molecule has 0 N–H and O–H groups in total. The lowest BCUT2D eigenvalue weighted by Gasteiger charge is -2.33. The molecule has 0 bridgehead atoms. The van der Waals surface area contributed by atoms with Crippen LogP contribution < -0.4 is 14.4 Å². The normalized spacial score (nSPS) is 21.6. The highest BCUT2D eigenvalue weighted by atomic mass is 16.5. The summed E-state index contributed by atoms with van der Waals surface area (Å²) < 4.78 is 10.6. The first-order chi connectivity index (χ1) is 12.0. The molecule has 2 aliphatic heterocycles. The molecule has 25 heavy (non-hydrogen) atoms. The number of methoxy groups -OCH3 is 2. The monoisotopic (exact) mass is 347 g/mol. The number of hydrogen-bond donors (Lipinski definition) is 0. The van der Waals surface area contributed by atoms with Crippen LogP contribution in [0, 0.1) is 5.92 Å². The number of benzene rings is 1. The second-order valence-corrected chi connectivity index (χ2v) is 6.57. The van der Waals surface area contributed by atoms with Crippen molar-refractivity contribution in [1.29, 1.82) is 0 Å². The van der Waals surface area contributed by atoms with E-state index in [0.717, 1.165) is 26.2 Å². The maximum absolute atomic E-state index is 12.8. The number of piperazine rings is 1. The van der Waals surface area contributed by atoms with Crippen LogP contribution in [0.2, 0.25) is 0 Å². The average Bonchev–Trinajstić information content (AvgIpc) is 3.02. The highest BCUT2D eigenvalue weighted by Gasteiger charge is 2.38. The quantitative estimate of drug-likeness (QED) is 0.807. The molecule has 0 aliphatic carbocycles. The van der Waals surface area contributed by atoms with Crippen LogP contribution in [0.5, 0.6) is 11.5 Å². The summed E-state index contributed by atoms with van der Waals surface area (Å²) >= 11 is 0. The Balaban J connectivity index is 1.75. The van der Waals surface area contributed by atoms with Gasteiger partial charge >= 0.3 is 0 Å². The predicted molar refractivity (Wildman–Crippen MR) is 94.1 cm³/mol. The van der Waals surface area contributed by atoms with Crippen molar-refractivity contribution in [3.63, 3.8) is 0 Å². The van der Waals surface area contributed by atoms with Gasteiger partial charge in [0.2, 0.25) is 11.8 Å². The summed E-state index contributed by atoms with van der Waals surface area (Å²) in [5.41, 5.74) is 0.653. The molecule has 2 saturated heterocycles. The van der Waals surface area contributed by atoms with Crippen LogP contribution >= 0.6 is 0 Å². The Hall–Kier alpha value is -2.28. The summed E-state index contributed by atoms with van der Waals surface area (Å²) in [5, 5.41) is 0. The zero-order valence-electron chi connectivity index (χ0n) is 15.0. The Morgan fingerprint density at radius 1 is 1.12 bits per heavy atom. The van der Waals surface area contributed by atoms with Gasteiger partial charge in [0, 0.05) is 45.2 Å². The summed E-state index contributed by atoms with van der Waals surface area (Å²) in [6.07, 6.45) is 0.242. The van der Waals surface area contributed by atoms with Crippen LogP contribution in [0.4, 0.5) is 5.69 Å². The van der Waals surface area contributed by atoms with Gasteiger partial charge in [-0.05, 0) is 19.2 Å². The number of carbonyl (C=O) groups excluding carboxylic acids is 2. The molecule has 1 aromatic rings. The molecule has 1 atom stereocenters. The Labute approximate surface area is 148 Å². The first kappa shape index (κ1) is 17.5. The Morgan fingerprint density at radius 3 is 2.48 bits per heavy atom. The van der Waals surface area contributed by atoms with E-state index in [1.54, 1.807) is 37.3 Å². The molecule has 0 spiro atoms. The topological polar surface area (TPSA) is 62.3 Å². The fourth-order valence-electron chi connectivity index (χ4n) is 3.40. The molecule has 2 amide bonds. The fourth-order valence-corrected chi connectivity index (χ4v) is 3.40. The lowest BCUT2D eigenvalue weighted by atomic mass is 10.1. The lowest BCUT2D eigenvalue weighted by Crippen LogP contribution is -2.49. The van der Waals surface area contributed by atoms with Crippen molar-refractivity contribution in [1.82, 2.24) is 9.80 Å². The van der Waals surface area contributed by atoms with E-state index in [4.69, 9.17) is 9.47 Å². The van der Waals surface area contributed by atoms with Crippen LogP contribution in [0.25, 0.3) is 0 Å². The average molecular weight is 347 g/mol. The minimum atomic E-state index is -0.299. The minimum Gasteiger partial charge on any atom is -0.497 e. The zero-order valence-corrected chi connectivity index (χ0v) is 15.0. The van der Waals surface area contributed by atoms with E-state index in [2.05, 4.69) is 11.9 Å². The fraction of sp³-hybridized carbons (Fsp3) is 0.556. The van der Waals surface area contributed by atoms with Gasteiger partial charge in [0.15, 0.2) is 0 Å². The van der Waals surface area contributed by atoms with Gasteiger partial charge in [-0.2, -0.15) is 0 Å². The number of amides is 2. The second kappa shape index (κ2) is 7.31. The number of carbonyl (C=O) groups is 2. The summed E-state index contributed by atoms with van der Waals surface area (Å²) in [6.45, 7) is 3.58. The first-order valence-corrected chi connectivity index (χ1v) is 8.53. The SMILES string of the molecule is COc1ccc(OC)c(N2C[C@H](C(=O)N3CCN(C)CC3)CC2=O)c1. The molecule has 2 aliphatic rings. The van der Waals surface area contributed by atoms with Gasteiger partial charge in [0.1, 0.15) is 11.5 Å². The van der Waals surface area contributed by atoms with Crippen molar-refractivity contribution in [3.8, 4) is 11.5 Å². The summed E-state index contributed by atoms with van der Waals surface area (Å²) in [4.78, 5) is 31.0. The highest BCUT2D eigenvalue weighted by Crippen LogP contribution is 2.36. The molecule has 136 valence electrons. The second-order valence-electron chi connectivity index (χ2n) is 6.57. The molecule has 0 radical (unpaired) electrons. The Morgan fingerprint density at radius 2 is 1.84 bits per heavy atom. The summed E-state index contributed by atoms with van der Waals surface area (Å²) in [7, 11) is 5.20. The molecule has 2 fully saturated rings. The third-order valence-electron chi connectivity index (χ3n) is 4.97.